The highest BCUT2D eigenvalue weighted by atomic mass is 32.1. The largest absolute Gasteiger partial charge is 0.480 e. The van der Waals surface area contributed by atoms with Crippen molar-refractivity contribution in [3.63, 3.8) is 0 Å². The highest BCUT2D eigenvalue weighted by Crippen LogP contribution is 2.10. The second-order valence-electron chi connectivity index (χ2n) is 8.19. The quantitative estimate of drug-likeness (QED) is 0.0890. The first-order valence-electron chi connectivity index (χ1n) is 11.5. The number of nitrogens with one attached hydrogen (secondary N) is 3. The van der Waals surface area contributed by atoms with Crippen LogP contribution in [0, 0.1) is 5.92 Å². The molecule has 10 N–H and O–H groups in total. The fourth-order valence-electron chi connectivity index (χ4n) is 3.09. The maximum Gasteiger partial charge on any atom is 0.326 e. The van der Waals surface area contributed by atoms with E-state index in [-0.39, 0.29) is 18.1 Å². The number of carboxylic acids is 1. The van der Waals surface area contributed by atoms with E-state index in [1.54, 1.807) is 6.92 Å². The highest BCUT2D eigenvalue weighted by molar-refractivity contribution is 7.80. The summed E-state index contributed by atoms with van der Waals surface area (Å²) in [4.78, 5) is 49.8. The molecule has 0 aliphatic carbocycles. The van der Waals surface area contributed by atoms with Crippen LogP contribution in [0.2, 0.25) is 0 Å². The van der Waals surface area contributed by atoms with Crippen LogP contribution in [-0.2, 0) is 19.2 Å². The predicted octanol–water partition coefficient (Wildman–Crippen LogP) is -0.913. The third-order valence-corrected chi connectivity index (χ3v) is 5.86. The summed E-state index contributed by atoms with van der Waals surface area (Å²) >= 11 is 4.00. The molecule has 0 fully saturated rings. The third-order valence-electron chi connectivity index (χ3n) is 5.47. The monoisotopic (exact) mass is 490 g/mol. The molecule has 33 heavy (non-hydrogen) atoms. The number of rotatable bonds is 18. The fourth-order valence-corrected chi connectivity index (χ4v) is 3.26. The van der Waals surface area contributed by atoms with Gasteiger partial charge in [-0.15, -0.1) is 0 Å². The maximum absolute atomic E-state index is 13.0. The number of hydrogen-bond acceptors (Lipinski definition) is 8. The first kappa shape index (κ1) is 31.1. The van der Waals surface area contributed by atoms with Crippen LogP contribution in [-0.4, -0.2) is 71.8 Å². The first-order valence-corrected chi connectivity index (χ1v) is 12.2. The van der Waals surface area contributed by atoms with Gasteiger partial charge in [-0.25, -0.2) is 4.79 Å². The molecule has 0 spiro atoms. The number of nitrogens with two attached hydrogens (primary N) is 3. The molecule has 12 heteroatoms. The van der Waals surface area contributed by atoms with E-state index in [1.807, 2.05) is 6.92 Å². The fraction of sp³-hybridized carbons (Fsp3) is 0.810. The van der Waals surface area contributed by atoms with E-state index in [0.29, 0.717) is 51.6 Å². The van der Waals surface area contributed by atoms with Crippen molar-refractivity contribution in [1.29, 1.82) is 0 Å². The Kier molecular flexibility index (Phi) is 16.6. The zero-order valence-electron chi connectivity index (χ0n) is 19.7. The predicted molar refractivity (Wildman–Crippen MR) is 131 cm³/mol. The van der Waals surface area contributed by atoms with Crippen LogP contribution in [0.15, 0.2) is 0 Å². The normalized spacial score (nSPS) is 15.6. The van der Waals surface area contributed by atoms with E-state index in [9.17, 15) is 24.3 Å². The molecule has 0 saturated heterocycles. The lowest BCUT2D eigenvalue weighted by molar-refractivity contribution is -0.144. The van der Waals surface area contributed by atoms with Gasteiger partial charge < -0.3 is 38.3 Å². The molecule has 3 amide bonds. The lowest BCUT2D eigenvalue weighted by Crippen LogP contribution is -2.57. The second kappa shape index (κ2) is 17.6. The van der Waals surface area contributed by atoms with Crippen molar-refractivity contribution in [3.8, 4) is 0 Å². The van der Waals surface area contributed by atoms with Gasteiger partial charge >= 0.3 is 5.97 Å². The van der Waals surface area contributed by atoms with E-state index < -0.39 is 47.9 Å². The van der Waals surface area contributed by atoms with E-state index in [0.717, 1.165) is 0 Å². The average molecular weight is 491 g/mol. The number of carbonyl (C=O) groups excluding carboxylic acids is 3. The van der Waals surface area contributed by atoms with Crippen LogP contribution in [0.4, 0.5) is 0 Å². The third kappa shape index (κ3) is 12.2. The number of amides is 3. The Balaban J connectivity index is 5.50. The zero-order valence-corrected chi connectivity index (χ0v) is 20.6. The van der Waals surface area contributed by atoms with Crippen LogP contribution in [0.3, 0.4) is 0 Å². The molecule has 0 aromatic carbocycles. The summed E-state index contributed by atoms with van der Waals surface area (Å²) in [5.74, 6) is -2.98. The average Bonchev–Trinajstić information content (AvgIpc) is 2.79. The van der Waals surface area contributed by atoms with Crippen LogP contribution in [0.5, 0.6) is 0 Å². The summed E-state index contributed by atoms with van der Waals surface area (Å²) in [5.41, 5.74) is 16.8. The molecular formula is C21H42N6O5S. The van der Waals surface area contributed by atoms with Gasteiger partial charge in [-0.05, 0) is 57.5 Å². The summed E-state index contributed by atoms with van der Waals surface area (Å²) in [6, 6.07) is -3.84. The van der Waals surface area contributed by atoms with Gasteiger partial charge in [0.25, 0.3) is 0 Å². The molecule has 0 aromatic rings. The van der Waals surface area contributed by atoms with Crippen LogP contribution in [0.25, 0.3) is 0 Å². The van der Waals surface area contributed by atoms with Gasteiger partial charge in [0.1, 0.15) is 18.1 Å². The molecule has 192 valence electrons. The molecule has 0 bridgehead atoms. The van der Waals surface area contributed by atoms with Crippen molar-refractivity contribution in [2.24, 2.45) is 23.1 Å². The van der Waals surface area contributed by atoms with Gasteiger partial charge in [0.05, 0.1) is 6.04 Å². The molecule has 0 rings (SSSR count). The van der Waals surface area contributed by atoms with Gasteiger partial charge in [0.15, 0.2) is 0 Å². The second-order valence-corrected chi connectivity index (χ2v) is 8.56. The lowest BCUT2D eigenvalue weighted by Gasteiger charge is -2.26. The maximum atomic E-state index is 13.0. The van der Waals surface area contributed by atoms with E-state index in [2.05, 4.69) is 28.6 Å². The van der Waals surface area contributed by atoms with Gasteiger partial charge in [-0.3, -0.25) is 14.4 Å². The van der Waals surface area contributed by atoms with Gasteiger partial charge in [-0.1, -0.05) is 20.3 Å². The number of hydrogen-bond donors (Lipinski definition) is 8. The van der Waals surface area contributed by atoms with Crippen molar-refractivity contribution in [3.05, 3.63) is 0 Å². The van der Waals surface area contributed by atoms with Crippen molar-refractivity contribution in [2.75, 3.05) is 18.8 Å². The Morgan fingerprint density at radius 2 is 1.30 bits per heavy atom. The number of unbranched alkanes of at least 4 members (excludes halogenated alkanes) is 2. The van der Waals surface area contributed by atoms with Gasteiger partial charge in [0.2, 0.25) is 17.7 Å². The summed E-state index contributed by atoms with van der Waals surface area (Å²) in [5, 5.41) is 17.3. The summed E-state index contributed by atoms with van der Waals surface area (Å²) in [6.45, 7) is 4.42. The molecule has 0 radical (unpaired) electrons. The van der Waals surface area contributed by atoms with Crippen molar-refractivity contribution >= 4 is 36.3 Å². The summed E-state index contributed by atoms with van der Waals surface area (Å²) < 4.78 is 0. The minimum atomic E-state index is -1.14. The standard InChI is InChI=1S/C21H42N6O5S/c1-3-13(2)17(21(31)32)27-20(30)16(9-5-7-11-23)26-19(29)15(8-4-6-10-22)25-18(28)14(24)12-33/h13-17,33H,3-12,22-24H2,1-2H3,(H,25,28)(H,26,29)(H,27,30)(H,31,32). The Morgan fingerprint density at radius 1 is 0.848 bits per heavy atom. The van der Waals surface area contributed by atoms with E-state index in [4.69, 9.17) is 17.2 Å². The highest BCUT2D eigenvalue weighted by Gasteiger charge is 2.31. The Morgan fingerprint density at radius 3 is 1.70 bits per heavy atom. The molecule has 0 aliphatic heterocycles. The van der Waals surface area contributed by atoms with E-state index in [1.165, 1.54) is 0 Å². The zero-order chi connectivity index (χ0) is 25.4. The van der Waals surface area contributed by atoms with Crippen molar-refractivity contribution in [1.82, 2.24) is 16.0 Å². The first-order chi connectivity index (χ1) is 15.6. The molecule has 0 aliphatic rings. The van der Waals surface area contributed by atoms with Crippen molar-refractivity contribution < 1.29 is 24.3 Å². The smallest absolute Gasteiger partial charge is 0.326 e. The summed E-state index contributed by atoms with van der Waals surface area (Å²) in [6.07, 6.45) is 3.60. The lowest BCUT2D eigenvalue weighted by atomic mass is 9.98. The Bertz CT molecular complexity index is 624. The molecule has 0 aromatic heterocycles. The van der Waals surface area contributed by atoms with Crippen LogP contribution < -0.4 is 33.2 Å². The SMILES string of the molecule is CCC(C)C(NC(=O)C(CCCCN)NC(=O)C(CCCCN)NC(=O)C(N)CS)C(=O)O. The van der Waals surface area contributed by atoms with E-state index >= 15 is 0 Å². The Labute approximate surface area is 201 Å². The van der Waals surface area contributed by atoms with Gasteiger partial charge in [0, 0.05) is 5.75 Å². The molecule has 5 atom stereocenters. The molecule has 5 unspecified atom stereocenters. The molecular weight excluding hydrogens is 448 g/mol. The van der Waals surface area contributed by atoms with Crippen LogP contribution >= 0.6 is 12.6 Å². The van der Waals surface area contributed by atoms with Crippen molar-refractivity contribution in [2.45, 2.75) is 83.0 Å². The number of carboxylic acid groups (broad SMARTS) is 1. The Hall–Kier alpha value is -1.89. The summed E-state index contributed by atoms with van der Waals surface area (Å²) in [7, 11) is 0. The molecule has 11 nitrogen and oxygen atoms in total. The molecule has 0 saturated carbocycles. The minimum Gasteiger partial charge on any atom is -0.480 e. The number of thiol groups is 1. The van der Waals surface area contributed by atoms with Gasteiger partial charge in [-0.2, -0.15) is 12.6 Å². The number of aliphatic carboxylic acids is 1. The number of carbonyl (C=O) groups is 4. The molecule has 0 heterocycles. The van der Waals surface area contributed by atoms with Crippen LogP contribution in [0.1, 0.15) is 58.8 Å². The topological polar surface area (TPSA) is 203 Å². The minimum absolute atomic E-state index is 0.110.